The van der Waals surface area contributed by atoms with Crippen LogP contribution in [0.3, 0.4) is 0 Å². The number of fused-ring (bicyclic) bond motifs is 1. The molecular weight excluding hydrogens is 504 g/mol. The van der Waals surface area contributed by atoms with Gasteiger partial charge in [0.15, 0.2) is 0 Å². The highest BCUT2D eigenvalue weighted by Crippen LogP contribution is 2.36. The van der Waals surface area contributed by atoms with Crippen LogP contribution < -0.4 is 16.0 Å². The molecule has 0 bridgehead atoms. The SMILES string of the molecule is CC1CC(N)CN(c2ccncc2Nc2ncc3ccc(-c4c(F)cc(C5(O)CCOCC5)cc4F)nn23)C1. The van der Waals surface area contributed by atoms with Crippen molar-refractivity contribution in [2.24, 2.45) is 11.7 Å². The van der Waals surface area contributed by atoms with E-state index < -0.39 is 17.2 Å². The summed E-state index contributed by atoms with van der Waals surface area (Å²) in [6.07, 6.45) is 6.60. The van der Waals surface area contributed by atoms with E-state index in [0.717, 1.165) is 30.9 Å². The van der Waals surface area contributed by atoms with E-state index in [1.807, 2.05) is 6.07 Å². The van der Waals surface area contributed by atoms with Crippen molar-refractivity contribution in [1.29, 1.82) is 0 Å². The summed E-state index contributed by atoms with van der Waals surface area (Å²) in [7, 11) is 0. The number of hydrogen-bond acceptors (Lipinski definition) is 8. The summed E-state index contributed by atoms with van der Waals surface area (Å²) >= 11 is 0. The highest BCUT2D eigenvalue weighted by atomic mass is 19.1. The van der Waals surface area contributed by atoms with Gasteiger partial charge in [-0.25, -0.2) is 13.8 Å². The van der Waals surface area contributed by atoms with Crippen molar-refractivity contribution < 1.29 is 18.6 Å². The number of aromatic nitrogens is 4. The molecule has 3 aromatic heterocycles. The Bertz CT molecular complexity index is 1470. The third kappa shape index (κ3) is 4.93. The van der Waals surface area contributed by atoms with E-state index in [0.29, 0.717) is 30.6 Å². The standard InChI is InChI=1S/C28H31F2N7O2/c1-17-10-19(31)16-36(15-17)25-4-7-32-14-24(25)34-27-33-13-20-2-3-23(35-37(20)27)26-21(29)11-18(12-22(26)30)28(38)5-8-39-9-6-28/h2-4,7,11-14,17,19,38H,5-6,8-10,15-16,31H2,1H3,(H,33,34). The summed E-state index contributed by atoms with van der Waals surface area (Å²) < 4.78 is 37.5. The lowest BCUT2D eigenvalue weighted by atomic mass is 9.85. The molecule has 204 valence electrons. The third-order valence-electron chi connectivity index (χ3n) is 7.62. The largest absolute Gasteiger partial charge is 0.385 e. The Morgan fingerprint density at radius 3 is 2.62 bits per heavy atom. The van der Waals surface area contributed by atoms with Gasteiger partial charge in [-0.3, -0.25) is 4.98 Å². The van der Waals surface area contributed by atoms with Crippen LogP contribution in [0.2, 0.25) is 0 Å². The van der Waals surface area contributed by atoms with Crippen LogP contribution in [0.5, 0.6) is 0 Å². The molecule has 2 unspecified atom stereocenters. The number of pyridine rings is 1. The average Bonchev–Trinajstić information content (AvgIpc) is 3.30. The fourth-order valence-corrected chi connectivity index (χ4v) is 5.66. The van der Waals surface area contributed by atoms with E-state index in [-0.39, 0.29) is 35.7 Å². The number of anilines is 3. The maximum atomic E-state index is 15.3. The van der Waals surface area contributed by atoms with Crippen LogP contribution in [0.25, 0.3) is 16.8 Å². The minimum Gasteiger partial charge on any atom is -0.385 e. The molecule has 0 radical (unpaired) electrons. The topological polar surface area (TPSA) is 114 Å². The molecule has 11 heteroatoms. The zero-order valence-corrected chi connectivity index (χ0v) is 21.6. The van der Waals surface area contributed by atoms with E-state index in [1.165, 1.54) is 16.6 Å². The molecule has 2 fully saturated rings. The molecule has 2 aliphatic heterocycles. The monoisotopic (exact) mass is 535 g/mol. The predicted octanol–water partition coefficient (Wildman–Crippen LogP) is 3.98. The normalized spacial score (nSPS) is 21.3. The molecule has 0 saturated carbocycles. The fraction of sp³-hybridized carbons (Fsp3) is 0.393. The first kappa shape index (κ1) is 25.6. The second-order valence-corrected chi connectivity index (χ2v) is 10.6. The Morgan fingerprint density at radius 1 is 1.10 bits per heavy atom. The van der Waals surface area contributed by atoms with Crippen LogP contribution >= 0.6 is 0 Å². The maximum Gasteiger partial charge on any atom is 0.229 e. The Kier molecular flexibility index (Phi) is 6.66. The van der Waals surface area contributed by atoms with Gasteiger partial charge in [-0.2, -0.15) is 9.61 Å². The molecular formula is C28H31F2N7O2. The summed E-state index contributed by atoms with van der Waals surface area (Å²) in [5.74, 6) is -0.757. The number of nitrogens with one attached hydrogen (secondary N) is 1. The van der Waals surface area contributed by atoms with Gasteiger partial charge in [0.25, 0.3) is 0 Å². The zero-order valence-electron chi connectivity index (χ0n) is 21.6. The number of aliphatic hydroxyl groups is 1. The van der Waals surface area contributed by atoms with Gasteiger partial charge in [0.2, 0.25) is 5.95 Å². The lowest BCUT2D eigenvalue weighted by Gasteiger charge is -2.37. The molecule has 39 heavy (non-hydrogen) atoms. The van der Waals surface area contributed by atoms with Gasteiger partial charge in [0.1, 0.15) is 11.6 Å². The fourth-order valence-electron chi connectivity index (χ4n) is 5.66. The maximum absolute atomic E-state index is 15.3. The van der Waals surface area contributed by atoms with Gasteiger partial charge in [0, 0.05) is 51.4 Å². The van der Waals surface area contributed by atoms with Crippen molar-refractivity contribution in [2.75, 3.05) is 36.5 Å². The average molecular weight is 536 g/mol. The van der Waals surface area contributed by atoms with Crippen molar-refractivity contribution in [3.8, 4) is 11.3 Å². The molecule has 0 aliphatic carbocycles. The molecule has 9 nitrogen and oxygen atoms in total. The lowest BCUT2D eigenvalue weighted by molar-refractivity contribution is -0.0682. The van der Waals surface area contributed by atoms with E-state index >= 15 is 8.78 Å². The summed E-state index contributed by atoms with van der Waals surface area (Å²) in [4.78, 5) is 11.0. The van der Waals surface area contributed by atoms with Crippen LogP contribution in [0, 0.1) is 17.6 Å². The van der Waals surface area contributed by atoms with E-state index in [1.54, 1.807) is 30.7 Å². The number of nitrogens with two attached hydrogens (primary N) is 1. The van der Waals surface area contributed by atoms with Gasteiger partial charge in [-0.15, -0.1) is 0 Å². The number of ether oxygens (including phenoxy) is 1. The van der Waals surface area contributed by atoms with Crippen molar-refractivity contribution in [2.45, 2.75) is 37.8 Å². The summed E-state index contributed by atoms with van der Waals surface area (Å²) in [5.41, 5.74) is 7.31. The van der Waals surface area contributed by atoms with Crippen molar-refractivity contribution in [3.63, 3.8) is 0 Å². The first-order chi connectivity index (χ1) is 18.8. The van der Waals surface area contributed by atoms with Crippen LogP contribution in [0.4, 0.5) is 26.1 Å². The molecule has 5 heterocycles. The second kappa shape index (κ2) is 10.1. The van der Waals surface area contributed by atoms with Crippen LogP contribution in [0.15, 0.2) is 48.9 Å². The van der Waals surface area contributed by atoms with Crippen LogP contribution in [0.1, 0.15) is 31.7 Å². The number of imidazole rings is 1. The molecule has 6 rings (SSSR count). The van der Waals surface area contributed by atoms with Crippen LogP contribution in [-0.4, -0.2) is 57.0 Å². The first-order valence-electron chi connectivity index (χ1n) is 13.2. The van der Waals surface area contributed by atoms with Crippen molar-refractivity contribution in [1.82, 2.24) is 19.6 Å². The molecule has 0 spiro atoms. The van der Waals surface area contributed by atoms with Gasteiger partial charge in [-0.1, -0.05) is 6.92 Å². The Balaban J connectivity index is 1.33. The minimum atomic E-state index is -1.32. The smallest absolute Gasteiger partial charge is 0.229 e. The molecule has 2 saturated heterocycles. The minimum absolute atomic E-state index is 0.0783. The van der Waals surface area contributed by atoms with Gasteiger partial charge < -0.3 is 25.8 Å². The number of halogens is 2. The van der Waals surface area contributed by atoms with Crippen molar-refractivity contribution in [3.05, 3.63) is 66.1 Å². The predicted molar refractivity (Wildman–Crippen MR) is 144 cm³/mol. The highest BCUT2D eigenvalue weighted by molar-refractivity contribution is 5.74. The third-order valence-corrected chi connectivity index (χ3v) is 7.62. The Labute approximate surface area is 224 Å². The molecule has 4 aromatic rings. The molecule has 2 aliphatic rings. The van der Waals surface area contributed by atoms with E-state index in [2.05, 4.69) is 32.2 Å². The first-order valence-corrected chi connectivity index (χ1v) is 13.2. The molecule has 0 amide bonds. The number of piperidine rings is 1. The molecule has 2 atom stereocenters. The molecule has 1 aromatic carbocycles. The number of benzene rings is 1. The van der Waals surface area contributed by atoms with Crippen LogP contribution in [-0.2, 0) is 10.3 Å². The Hall–Kier alpha value is -3.67. The zero-order chi connectivity index (χ0) is 27.1. The number of hydrogen-bond donors (Lipinski definition) is 3. The Morgan fingerprint density at radius 2 is 1.87 bits per heavy atom. The number of nitrogens with zero attached hydrogens (tertiary/aromatic N) is 5. The highest BCUT2D eigenvalue weighted by Gasteiger charge is 2.33. The van der Waals surface area contributed by atoms with E-state index in [9.17, 15) is 5.11 Å². The summed E-state index contributed by atoms with van der Waals surface area (Å²) in [6.45, 7) is 4.44. The van der Waals surface area contributed by atoms with E-state index in [4.69, 9.17) is 10.5 Å². The molecule has 4 N–H and O–H groups in total. The van der Waals surface area contributed by atoms with Crippen molar-refractivity contribution >= 4 is 22.8 Å². The van der Waals surface area contributed by atoms with Gasteiger partial charge in [0.05, 0.1) is 46.1 Å². The summed E-state index contributed by atoms with van der Waals surface area (Å²) in [5, 5.41) is 18.7. The lowest BCUT2D eigenvalue weighted by Crippen LogP contribution is -2.46. The quantitative estimate of drug-likeness (QED) is 0.352. The second-order valence-electron chi connectivity index (χ2n) is 10.6. The van der Waals surface area contributed by atoms with Gasteiger partial charge in [-0.05, 0) is 48.2 Å². The van der Waals surface area contributed by atoms with Gasteiger partial charge >= 0.3 is 0 Å². The summed E-state index contributed by atoms with van der Waals surface area (Å²) in [6, 6.07) is 7.64. The number of rotatable bonds is 5.